The molecule has 0 saturated carbocycles. The summed E-state index contributed by atoms with van der Waals surface area (Å²) >= 11 is 0. The summed E-state index contributed by atoms with van der Waals surface area (Å²) < 4.78 is 11.2. The summed E-state index contributed by atoms with van der Waals surface area (Å²) in [6.45, 7) is 3.30. The van der Waals surface area contributed by atoms with Gasteiger partial charge in [0.1, 0.15) is 11.5 Å². The van der Waals surface area contributed by atoms with Crippen molar-refractivity contribution in [3.63, 3.8) is 0 Å². The van der Waals surface area contributed by atoms with Gasteiger partial charge in [0.2, 0.25) is 0 Å². The Morgan fingerprint density at radius 3 is 2.41 bits per heavy atom. The van der Waals surface area contributed by atoms with Crippen molar-refractivity contribution >= 4 is 27.2 Å². The molecule has 1 aliphatic rings. The Labute approximate surface area is 169 Å². The first-order valence-corrected chi connectivity index (χ1v) is 9.91. The number of benzene rings is 4. The van der Waals surface area contributed by atoms with E-state index in [1.165, 1.54) is 5.69 Å². The van der Waals surface area contributed by atoms with Gasteiger partial charge in [-0.25, -0.2) is 0 Å². The largest absolute Gasteiger partial charge is 0.507 e. The minimum absolute atomic E-state index is 0.256. The molecule has 4 nitrogen and oxygen atoms in total. The molecule has 0 spiro atoms. The maximum absolute atomic E-state index is 10.9. The molecule has 0 atom stereocenters. The molecule has 0 amide bonds. The normalized spacial score (nSPS) is 14.4. The van der Waals surface area contributed by atoms with Crippen LogP contribution in [0.1, 0.15) is 0 Å². The number of rotatable bonds is 3. The van der Waals surface area contributed by atoms with Crippen LogP contribution < -0.4 is 9.64 Å². The quantitative estimate of drug-likeness (QED) is 0.526. The first kappa shape index (κ1) is 17.8. The molecule has 4 aromatic rings. The van der Waals surface area contributed by atoms with Crippen molar-refractivity contribution in [2.24, 2.45) is 0 Å². The van der Waals surface area contributed by atoms with Crippen molar-refractivity contribution in [2.75, 3.05) is 38.3 Å². The summed E-state index contributed by atoms with van der Waals surface area (Å²) in [5, 5.41) is 15.2. The number of nitrogens with zero attached hydrogens (tertiary/aromatic N) is 1. The Kier molecular flexibility index (Phi) is 4.49. The zero-order valence-corrected chi connectivity index (χ0v) is 16.4. The van der Waals surface area contributed by atoms with Crippen LogP contribution in [0.15, 0.2) is 66.7 Å². The molecule has 29 heavy (non-hydrogen) atoms. The van der Waals surface area contributed by atoms with Crippen LogP contribution in [-0.2, 0) is 4.74 Å². The smallest absolute Gasteiger partial charge is 0.127 e. The second kappa shape index (κ2) is 7.30. The van der Waals surface area contributed by atoms with Gasteiger partial charge in [0.15, 0.2) is 0 Å². The fourth-order valence-corrected chi connectivity index (χ4v) is 4.27. The van der Waals surface area contributed by atoms with E-state index in [2.05, 4.69) is 41.3 Å². The summed E-state index contributed by atoms with van der Waals surface area (Å²) in [7, 11) is 1.67. The lowest BCUT2D eigenvalue weighted by Crippen LogP contribution is -2.36. The van der Waals surface area contributed by atoms with Crippen LogP contribution in [-0.4, -0.2) is 38.5 Å². The van der Waals surface area contributed by atoms with E-state index in [0.717, 1.165) is 64.7 Å². The molecule has 1 N–H and O–H groups in total. The molecule has 1 saturated heterocycles. The monoisotopic (exact) mass is 385 g/mol. The molecule has 1 aliphatic heterocycles. The summed E-state index contributed by atoms with van der Waals surface area (Å²) in [5.74, 6) is 1.01. The highest BCUT2D eigenvalue weighted by atomic mass is 16.5. The van der Waals surface area contributed by atoms with Crippen LogP contribution >= 0.6 is 0 Å². The standard InChI is InChI=1S/C25H23NO3/c1-28-23-11-7-17-4-2-3-5-20(17)25(23)24-21-9-8-19(26-12-14-29-15-13-26)16-18(21)6-10-22(24)27/h2-11,16,27H,12-15H2,1H3. The van der Waals surface area contributed by atoms with Crippen LogP contribution in [0, 0.1) is 0 Å². The molecule has 1 fully saturated rings. The second-order valence-corrected chi connectivity index (χ2v) is 7.33. The van der Waals surface area contributed by atoms with Crippen LogP contribution in [0.5, 0.6) is 11.5 Å². The van der Waals surface area contributed by atoms with Gasteiger partial charge in [-0.3, -0.25) is 0 Å². The lowest BCUT2D eigenvalue weighted by molar-refractivity contribution is 0.122. The summed E-state index contributed by atoms with van der Waals surface area (Å²) in [5.41, 5.74) is 2.92. The Balaban J connectivity index is 1.75. The molecule has 146 valence electrons. The predicted octanol–water partition coefficient (Wildman–Crippen LogP) is 5.21. The SMILES string of the molecule is COc1ccc2ccccc2c1-c1c(O)ccc2cc(N3CCOCC3)ccc12. The van der Waals surface area contributed by atoms with Gasteiger partial charge >= 0.3 is 0 Å². The Hall–Kier alpha value is -3.24. The van der Waals surface area contributed by atoms with Crippen molar-refractivity contribution < 1.29 is 14.6 Å². The van der Waals surface area contributed by atoms with E-state index in [-0.39, 0.29) is 5.75 Å². The van der Waals surface area contributed by atoms with Gasteiger partial charge in [-0.1, -0.05) is 42.5 Å². The lowest BCUT2D eigenvalue weighted by atomic mass is 9.92. The van der Waals surface area contributed by atoms with E-state index in [1.54, 1.807) is 13.2 Å². The van der Waals surface area contributed by atoms with Crippen LogP contribution in [0.2, 0.25) is 0 Å². The molecular formula is C25H23NO3. The third-order valence-electron chi connectivity index (χ3n) is 5.72. The number of aromatic hydroxyl groups is 1. The van der Waals surface area contributed by atoms with Crippen molar-refractivity contribution in [3.8, 4) is 22.6 Å². The number of fused-ring (bicyclic) bond motifs is 2. The molecule has 4 aromatic carbocycles. The molecule has 5 rings (SSSR count). The van der Waals surface area contributed by atoms with Gasteiger partial charge in [-0.2, -0.15) is 0 Å². The molecule has 4 heteroatoms. The number of morpholine rings is 1. The third-order valence-corrected chi connectivity index (χ3v) is 5.72. The van der Waals surface area contributed by atoms with Gasteiger partial charge < -0.3 is 19.5 Å². The Morgan fingerprint density at radius 1 is 0.828 bits per heavy atom. The van der Waals surface area contributed by atoms with E-state index in [1.807, 2.05) is 24.3 Å². The van der Waals surface area contributed by atoms with E-state index >= 15 is 0 Å². The average Bonchev–Trinajstić information content (AvgIpc) is 2.79. The highest BCUT2D eigenvalue weighted by Crippen LogP contribution is 2.45. The van der Waals surface area contributed by atoms with Crippen LogP contribution in [0.25, 0.3) is 32.7 Å². The lowest BCUT2D eigenvalue weighted by Gasteiger charge is -2.29. The van der Waals surface area contributed by atoms with Crippen molar-refractivity contribution in [2.45, 2.75) is 0 Å². The predicted molar refractivity (Wildman–Crippen MR) is 118 cm³/mol. The number of phenols is 1. The number of anilines is 1. The number of ether oxygens (including phenoxy) is 2. The first-order valence-electron chi connectivity index (χ1n) is 9.91. The van der Waals surface area contributed by atoms with Gasteiger partial charge in [-0.05, 0) is 45.8 Å². The molecular weight excluding hydrogens is 362 g/mol. The molecule has 0 aromatic heterocycles. The van der Waals surface area contributed by atoms with Gasteiger partial charge in [-0.15, -0.1) is 0 Å². The fourth-order valence-electron chi connectivity index (χ4n) is 4.27. The first-order chi connectivity index (χ1) is 14.3. The Morgan fingerprint density at radius 2 is 1.59 bits per heavy atom. The van der Waals surface area contributed by atoms with E-state index in [9.17, 15) is 5.11 Å². The highest BCUT2D eigenvalue weighted by Gasteiger charge is 2.18. The van der Waals surface area contributed by atoms with E-state index < -0.39 is 0 Å². The number of phenolic OH excluding ortho intramolecular Hbond substituents is 1. The van der Waals surface area contributed by atoms with Crippen molar-refractivity contribution in [3.05, 3.63) is 66.7 Å². The van der Waals surface area contributed by atoms with Crippen molar-refractivity contribution in [1.29, 1.82) is 0 Å². The molecule has 0 unspecified atom stereocenters. The summed E-state index contributed by atoms with van der Waals surface area (Å²) in [6, 6.07) is 22.4. The minimum Gasteiger partial charge on any atom is -0.507 e. The maximum atomic E-state index is 10.9. The van der Waals surface area contributed by atoms with Gasteiger partial charge in [0.05, 0.1) is 20.3 Å². The fraction of sp³-hybridized carbons (Fsp3) is 0.200. The third kappa shape index (κ3) is 3.06. The van der Waals surface area contributed by atoms with Crippen LogP contribution in [0.4, 0.5) is 5.69 Å². The summed E-state index contributed by atoms with van der Waals surface area (Å²) in [4.78, 5) is 2.34. The zero-order valence-electron chi connectivity index (χ0n) is 16.4. The van der Waals surface area contributed by atoms with Gasteiger partial charge in [0.25, 0.3) is 0 Å². The highest BCUT2D eigenvalue weighted by molar-refractivity contribution is 6.10. The zero-order chi connectivity index (χ0) is 19.8. The minimum atomic E-state index is 0.256. The number of hydrogen-bond donors (Lipinski definition) is 1. The molecule has 0 aliphatic carbocycles. The van der Waals surface area contributed by atoms with Gasteiger partial charge in [0, 0.05) is 29.9 Å². The average molecular weight is 385 g/mol. The van der Waals surface area contributed by atoms with Crippen LogP contribution in [0.3, 0.4) is 0 Å². The Bertz CT molecular complexity index is 1200. The molecule has 1 heterocycles. The van der Waals surface area contributed by atoms with Crippen molar-refractivity contribution in [1.82, 2.24) is 0 Å². The molecule has 0 radical (unpaired) electrons. The number of hydrogen-bond acceptors (Lipinski definition) is 4. The number of methoxy groups -OCH3 is 1. The molecule has 0 bridgehead atoms. The second-order valence-electron chi connectivity index (χ2n) is 7.33. The topological polar surface area (TPSA) is 41.9 Å². The van der Waals surface area contributed by atoms with E-state index in [4.69, 9.17) is 9.47 Å². The summed E-state index contributed by atoms with van der Waals surface area (Å²) in [6.07, 6.45) is 0. The maximum Gasteiger partial charge on any atom is 0.127 e. The van der Waals surface area contributed by atoms with E-state index in [0.29, 0.717) is 0 Å².